The molecule has 1 fully saturated rings. The molecule has 10 heteroatoms. The zero-order chi connectivity index (χ0) is 24.4. The van der Waals surface area contributed by atoms with E-state index in [1.165, 1.54) is 17.4 Å². The zero-order valence-corrected chi connectivity index (χ0v) is 19.3. The van der Waals surface area contributed by atoms with Crippen LogP contribution in [0.4, 0.5) is 18.3 Å². The SMILES string of the molecule is O=C(Nc1nc(CN2CCOCC2)cs1)c1ccc2cccc(-c3cccc(C(F)(F)F)c3)c2n1. The number of rotatable bonds is 5. The second-order valence-electron chi connectivity index (χ2n) is 8.14. The maximum Gasteiger partial charge on any atom is 0.416 e. The van der Waals surface area contributed by atoms with Crippen molar-refractivity contribution in [3.63, 3.8) is 0 Å². The van der Waals surface area contributed by atoms with Crippen LogP contribution in [0.5, 0.6) is 0 Å². The van der Waals surface area contributed by atoms with Crippen LogP contribution in [0, 0.1) is 0 Å². The van der Waals surface area contributed by atoms with E-state index >= 15 is 0 Å². The molecule has 0 saturated carbocycles. The van der Waals surface area contributed by atoms with Crippen molar-refractivity contribution in [3.05, 3.63) is 76.9 Å². The minimum absolute atomic E-state index is 0.154. The molecule has 2 aromatic carbocycles. The number of thiazole rings is 1. The number of amides is 1. The number of para-hydroxylation sites is 1. The fourth-order valence-corrected chi connectivity index (χ4v) is 4.65. The monoisotopic (exact) mass is 498 g/mol. The Bertz CT molecular complexity index is 1370. The van der Waals surface area contributed by atoms with Crippen molar-refractivity contribution in [1.29, 1.82) is 0 Å². The van der Waals surface area contributed by atoms with Gasteiger partial charge < -0.3 is 4.74 Å². The van der Waals surface area contributed by atoms with Crippen LogP contribution in [0.25, 0.3) is 22.0 Å². The van der Waals surface area contributed by atoms with E-state index in [0.717, 1.165) is 36.3 Å². The average Bonchev–Trinajstić information content (AvgIpc) is 3.30. The van der Waals surface area contributed by atoms with E-state index in [2.05, 4.69) is 20.2 Å². The normalized spacial score (nSPS) is 14.8. The van der Waals surface area contributed by atoms with Gasteiger partial charge in [0.25, 0.3) is 5.91 Å². The average molecular weight is 499 g/mol. The van der Waals surface area contributed by atoms with Crippen LogP contribution in [0.1, 0.15) is 21.7 Å². The Balaban J connectivity index is 1.38. The first-order valence-corrected chi connectivity index (χ1v) is 11.9. The molecule has 1 N–H and O–H groups in total. The third-order valence-electron chi connectivity index (χ3n) is 5.72. The minimum atomic E-state index is -4.45. The second kappa shape index (κ2) is 9.73. The number of aromatic nitrogens is 2. The summed E-state index contributed by atoms with van der Waals surface area (Å²) in [6.07, 6.45) is -4.45. The molecule has 180 valence electrons. The van der Waals surface area contributed by atoms with Gasteiger partial charge in [0.15, 0.2) is 5.13 Å². The van der Waals surface area contributed by atoms with E-state index in [4.69, 9.17) is 4.74 Å². The maximum absolute atomic E-state index is 13.2. The highest BCUT2D eigenvalue weighted by Gasteiger charge is 2.30. The highest BCUT2D eigenvalue weighted by molar-refractivity contribution is 7.14. The molecule has 1 amide bonds. The molecule has 1 aliphatic heterocycles. The lowest BCUT2D eigenvalue weighted by molar-refractivity contribution is -0.137. The Morgan fingerprint density at radius 2 is 1.86 bits per heavy atom. The molecule has 0 atom stereocenters. The van der Waals surface area contributed by atoms with E-state index in [0.29, 0.717) is 41.5 Å². The summed E-state index contributed by atoms with van der Waals surface area (Å²) in [5.41, 5.74) is 1.63. The molecule has 5 rings (SSSR count). The number of benzene rings is 2. The summed E-state index contributed by atoms with van der Waals surface area (Å²) in [6.45, 7) is 3.76. The predicted molar refractivity (Wildman–Crippen MR) is 128 cm³/mol. The second-order valence-corrected chi connectivity index (χ2v) is 9.00. The van der Waals surface area contributed by atoms with Crippen LogP contribution in [-0.2, 0) is 17.5 Å². The van der Waals surface area contributed by atoms with E-state index < -0.39 is 17.6 Å². The van der Waals surface area contributed by atoms with Gasteiger partial charge in [0.05, 0.1) is 30.0 Å². The third-order valence-corrected chi connectivity index (χ3v) is 6.52. The number of pyridine rings is 1. The number of nitrogens with one attached hydrogen (secondary N) is 1. The van der Waals surface area contributed by atoms with Crippen LogP contribution in [0.3, 0.4) is 0 Å². The number of carbonyl (C=O) groups excluding carboxylic acids is 1. The molecular formula is C25H21F3N4O2S. The summed E-state index contributed by atoms with van der Waals surface area (Å²) < 4.78 is 45.0. The van der Waals surface area contributed by atoms with Crippen LogP contribution in [-0.4, -0.2) is 47.1 Å². The van der Waals surface area contributed by atoms with Gasteiger partial charge in [0.2, 0.25) is 0 Å². The molecule has 4 aromatic rings. The number of fused-ring (bicyclic) bond motifs is 1. The van der Waals surface area contributed by atoms with Crippen LogP contribution in [0.15, 0.2) is 60.0 Å². The number of morpholine rings is 1. The molecule has 3 heterocycles. The Labute approximate surface area is 203 Å². The summed E-state index contributed by atoms with van der Waals surface area (Å²) in [5.74, 6) is -0.432. The number of ether oxygens (including phenoxy) is 1. The number of nitrogens with zero attached hydrogens (tertiary/aromatic N) is 3. The topological polar surface area (TPSA) is 67.4 Å². The lowest BCUT2D eigenvalue weighted by Crippen LogP contribution is -2.35. The van der Waals surface area contributed by atoms with Crippen LogP contribution >= 0.6 is 11.3 Å². The molecule has 1 aliphatic rings. The molecule has 0 radical (unpaired) electrons. The number of anilines is 1. The predicted octanol–water partition coefficient (Wildman–Crippen LogP) is 5.46. The molecule has 35 heavy (non-hydrogen) atoms. The first-order valence-electron chi connectivity index (χ1n) is 11.0. The van der Waals surface area contributed by atoms with Crippen LogP contribution < -0.4 is 5.32 Å². The zero-order valence-electron chi connectivity index (χ0n) is 18.5. The lowest BCUT2D eigenvalue weighted by atomic mass is 9.99. The first kappa shape index (κ1) is 23.4. The largest absolute Gasteiger partial charge is 0.416 e. The summed E-state index contributed by atoms with van der Waals surface area (Å²) >= 11 is 1.33. The summed E-state index contributed by atoms with van der Waals surface area (Å²) in [5, 5.41) is 5.88. The van der Waals surface area contributed by atoms with Gasteiger partial charge in [0.1, 0.15) is 5.69 Å². The maximum atomic E-state index is 13.2. The van der Waals surface area contributed by atoms with Crippen molar-refractivity contribution in [2.24, 2.45) is 0 Å². The van der Waals surface area contributed by atoms with E-state index in [1.807, 2.05) is 5.38 Å². The van der Waals surface area contributed by atoms with Crippen molar-refractivity contribution in [2.45, 2.75) is 12.7 Å². The number of carbonyl (C=O) groups is 1. The Morgan fingerprint density at radius 3 is 2.66 bits per heavy atom. The first-order chi connectivity index (χ1) is 16.9. The highest BCUT2D eigenvalue weighted by atomic mass is 32.1. The number of hydrogen-bond acceptors (Lipinski definition) is 6. The summed E-state index contributed by atoms with van der Waals surface area (Å²) in [6, 6.07) is 13.7. The smallest absolute Gasteiger partial charge is 0.379 e. The van der Waals surface area contributed by atoms with Crippen molar-refractivity contribution < 1.29 is 22.7 Å². The van der Waals surface area contributed by atoms with Gasteiger partial charge in [0, 0.05) is 36.0 Å². The quantitative estimate of drug-likeness (QED) is 0.396. The number of alkyl halides is 3. The Hall–Kier alpha value is -3.34. The summed E-state index contributed by atoms with van der Waals surface area (Å²) in [7, 11) is 0. The fraction of sp³-hybridized carbons (Fsp3) is 0.240. The molecule has 0 aliphatic carbocycles. The molecule has 0 unspecified atom stereocenters. The molecule has 0 spiro atoms. The van der Waals surface area contributed by atoms with Gasteiger partial charge in [-0.2, -0.15) is 13.2 Å². The van der Waals surface area contributed by atoms with Crippen molar-refractivity contribution >= 4 is 33.3 Å². The van der Waals surface area contributed by atoms with Crippen molar-refractivity contribution in [2.75, 3.05) is 31.6 Å². The van der Waals surface area contributed by atoms with Gasteiger partial charge in [-0.25, -0.2) is 9.97 Å². The van der Waals surface area contributed by atoms with Gasteiger partial charge >= 0.3 is 6.18 Å². The highest BCUT2D eigenvalue weighted by Crippen LogP contribution is 2.34. The van der Waals surface area contributed by atoms with Gasteiger partial charge in [-0.15, -0.1) is 11.3 Å². The van der Waals surface area contributed by atoms with Gasteiger partial charge in [-0.3, -0.25) is 15.0 Å². The standard InChI is InChI=1S/C25H21F3N4O2S/c26-25(27,28)18-5-1-4-17(13-18)20-6-2-3-16-7-8-21(30-22(16)20)23(33)31-24-29-19(15-35-24)14-32-9-11-34-12-10-32/h1-8,13,15H,9-12,14H2,(H,29,31,33). The third kappa shape index (κ3) is 5.34. The Morgan fingerprint density at radius 1 is 1.06 bits per heavy atom. The Kier molecular flexibility index (Phi) is 6.50. The summed E-state index contributed by atoms with van der Waals surface area (Å²) in [4.78, 5) is 24.1. The van der Waals surface area contributed by atoms with Gasteiger partial charge in [-0.05, 0) is 23.8 Å². The molecule has 1 saturated heterocycles. The van der Waals surface area contributed by atoms with Gasteiger partial charge in [-0.1, -0.05) is 36.4 Å². The van der Waals surface area contributed by atoms with Crippen molar-refractivity contribution in [1.82, 2.24) is 14.9 Å². The van der Waals surface area contributed by atoms with E-state index in [9.17, 15) is 18.0 Å². The molecular weight excluding hydrogens is 477 g/mol. The molecule has 6 nitrogen and oxygen atoms in total. The molecule has 2 aromatic heterocycles. The fourth-order valence-electron chi connectivity index (χ4n) is 3.96. The lowest BCUT2D eigenvalue weighted by Gasteiger charge is -2.25. The number of hydrogen-bond donors (Lipinski definition) is 1. The number of halogens is 3. The van der Waals surface area contributed by atoms with Crippen molar-refractivity contribution in [3.8, 4) is 11.1 Å². The van der Waals surface area contributed by atoms with E-state index in [-0.39, 0.29) is 5.69 Å². The van der Waals surface area contributed by atoms with Crippen LogP contribution in [0.2, 0.25) is 0 Å². The van der Waals surface area contributed by atoms with E-state index in [1.54, 1.807) is 36.4 Å². The minimum Gasteiger partial charge on any atom is -0.379 e. The molecule has 0 bridgehead atoms.